The fraction of sp³-hybridized carbons (Fsp3) is 0.273. The van der Waals surface area contributed by atoms with Crippen LogP contribution in [0.2, 0.25) is 0 Å². The van der Waals surface area contributed by atoms with Crippen LogP contribution < -0.4 is 9.47 Å². The summed E-state index contributed by atoms with van der Waals surface area (Å²) in [5.74, 6) is 1.40. The van der Waals surface area contributed by atoms with Crippen molar-refractivity contribution in [2.45, 2.75) is 19.4 Å². The van der Waals surface area contributed by atoms with Crippen LogP contribution in [0.15, 0.2) is 30.7 Å². The van der Waals surface area contributed by atoms with E-state index in [-0.39, 0.29) is 6.10 Å². The molecule has 0 bridgehead atoms. The van der Waals surface area contributed by atoms with Gasteiger partial charge in [0.25, 0.3) is 0 Å². The first-order valence-corrected chi connectivity index (χ1v) is 4.55. The zero-order valence-corrected chi connectivity index (χ0v) is 7.93. The van der Waals surface area contributed by atoms with Crippen LogP contribution in [0.5, 0.6) is 11.5 Å². The third-order valence-corrected chi connectivity index (χ3v) is 2.01. The highest BCUT2D eigenvalue weighted by atomic mass is 16.5. The Labute approximate surface area is 82.6 Å². The molecule has 1 aromatic carbocycles. The molecule has 1 unspecified atom stereocenters. The molecule has 1 aliphatic heterocycles. The van der Waals surface area contributed by atoms with Gasteiger partial charge in [-0.05, 0) is 13.0 Å². The third-order valence-electron chi connectivity index (χ3n) is 2.01. The van der Waals surface area contributed by atoms with Crippen LogP contribution in [0.1, 0.15) is 12.5 Å². The molecule has 1 N–H and O–H groups in total. The van der Waals surface area contributed by atoms with Crippen molar-refractivity contribution < 1.29 is 14.6 Å². The lowest BCUT2D eigenvalue weighted by Gasteiger charge is -2.16. The average molecular weight is 192 g/mol. The highest BCUT2D eigenvalue weighted by molar-refractivity contribution is 5.48. The normalized spacial score (nSPS) is 15.3. The molecule has 1 aliphatic rings. The summed E-state index contributed by atoms with van der Waals surface area (Å²) < 4.78 is 10.6. The molecule has 0 aromatic heterocycles. The summed E-state index contributed by atoms with van der Waals surface area (Å²) in [4.78, 5) is 0. The molecule has 2 rings (SSSR count). The summed E-state index contributed by atoms with van der Waals surface area (Å²) >= 11 is 0. The molecule has 74 valence electrons. The Hall–Kier alpha value is -1.48. The molecule has 1 atom stereocenters. The average Bonchev–Trinajstić information content (AvgIpc) is 2.18. The number of rotatable bonds is 2. The zero-order valence-electron chi connectivity index (χ0n) is 7.93. The Bertz CT molecular complexity index is 356. The fourth-order valence-electron chi connectivity index (χ4n) is 1.46. The maximum absolute atomic E-state index is 9.29. The number of hydrogen-bond donors (Lipinski definition) is 1. The number of fused-ring (bicyclic) bond motifs is 1. The molecule has 3 nitrogen and oxygen atoms in total. The summed E-state index contributed by atoms with van der Waals surface area (Å²) in [7, 11) is 0. The number of benzene rings is 1. The standard InChI is InChI=1S/C11H12O3/c1-8(12)7-9-3-2-4-10-11(9)14-6-5-13-10/h2-6,8,12H,7H2,1H3. The summed E-state index contributed by atoms with van der Waals surface area (Å²) in [6.45, 7) is 1.75. The van der Waals surface area contributed by atoms with Crippen LogP contribution >= 0.6 is 0 Å². The third kappa shape index (κ3) is 1.72. The first-order chi connectivity index (χ1) is 6.77. The van der Waals surface area contributed by atoms with Gasteiger partial charge in [-0.25, -0.2) is 0 Å². The van der Waals surface area contributed by atoms with Crippen LogP contribution in [0.3, 0.4) is 0 Å². The number of ether oxygens (including phenoxy) is 2. The van der Waals surface area contributed by atoms with E-state index in [2.05, 4.69) is 0 Å². The molecule has 0 amide bonds. The molecule has 0 aliphatic carbocycles. The second-order valence-corrected chi connectivity index (χ2v) is 3.31. The SMILES string of the molecule is CC(O)Cc1cccc2c1OC=CO2. The van der Waals surface area contributed by atoms with Crippen LogP contribution in [0.4, 0.5) is 0 Å². The van der Waals surface area contributed by atoms with Gasteiger partial charge in [0.1, 0.15) is 12.5 Å². The Morgan fingerprint density at radius 2 is 2.07 bits per heavy atom. The minimum absolute atomic E-state index is 0.379. The smallest absolute Gasteiger partial charge is 0.172 e. The van der Waals surface area contributed by atoms with Crippen molar-refractivity contribution in [2.24, 2.45) is 0 Å². The Morgan fingerprint density at radius 1 is 1.29 bits per heavy atom. The minimum Gasteiger partial charge on any atom is -0.458 e. The Balaban J connectivity index is 2.33. The first-order valence-electron chi connectivity index (χ1n) is 4.55. The largest absolute Gasteiger partial charge is 0.458 e. The lowest BCUT2D eigenvalue weighted by molar-refractivity contribution is 0.194. The molecule has 14 heavy (non-hydrogen) atoms. The van der Waals surface area contributed by atoms with Crippen LogP contribution in [0.25, 0.3) is 0 Å². The quantitative estimate of drug-likeness (QED) is 0.777. The van der Waals surface area contributed by atoms with E-state index >= 15 is 0 Å². The van der Waals surface area contributed by atoms with Gasteiger partial charge in [-0.3, -0.25) is 0 Å². The first kappa shape index (κ1) is 9.09. The van der Waals surface area contributed by atoms with E-state index < -0.39 is 0 Å². The minimum atomic E-state index is -0.379. The Morgan fingerprint density at radius 3 is 2.86 bits per heavy atom. The monoisotopic (exact) mass is 192 g/mol. The van der Waals surface area contributed by atoms with Crippen LogP contribution in [-0.2, 0) is 6.42 Å². The van der Waals surface area contributed by atoms with Crippen molar-refractivity contribution in [1.29, 1.82) is 0 Å². The molecule has 0 spiro atoms. The molecule has 3 heteroatoms. The van der Waals surface area contributed by atoms with E-state index in [1.54, 1.807) is 6.92 Å². The van der Waals surface area contributed by atoms with Gasteiger partial charge in [0.05, 0.1) is 6.10 Å². The lowest BCUT2D eigenvalue weighted by atomic mass is 10.1. The number of aliphatic hydroxyl groups excluding tert-OH is 1. The molecule has 1 aromatic rings. The molecule has 0 radical (unpaired) electrons. The van der Waals surface area contributed by atoms with Crippen molar-refractivity contribution in [1.82, 2.24) is 0 Å². The second-order valence-electron chi connectivity index (χ2n) is 3.31. The van der Waals surface area contributed by atoms with Crippen molar-refractivity contribution in [3.8, 4) is 11.5 Å². The summed E-state index contributed by atoms with van der Waals surface area (Å²) in [6.07, 6.45) is 3.18. The lowest BCUT2D eigenvalue weighted by Crippen LogP contribution is -2.07. The maximum Gasteiger partial charge on any atom is 0.172 e. The molecular formula is C11H12O3. The highest BCUT2D eigenvalue weighted by Gasteiger charge is 2.13. The van der Waals surface area contributed by atoms with Gasteiger partial charge in [0.15, 0.2) is 11.5 Å². The summed E-state index contributed by atoms with van der Waals surface area (Å²) in [6, 6.07) is 5.65. The highest BCUT2D eigenvalue weighted by Crippen LogP contribution is 2.34. The van der Waals surface area contributed by atoms with E-state index in [1.165, 1.54) is 12.5 Å². The number of para-hydroxylation sites is 1. The van der Waals surface area contributed by atoms with Gasteiger partial charge in [0.2, 0.25) is 0 Å². The van der Waals surface area contributed by atoms with Crippen LogP contribution in [0, 0.1) is 0 Å². The van der Waals surface area contributed by atoms with E-state index in [1.807, 2.05) is 18.2 Å². The number of hydrogen-bond acceptors (Lipinski definition) is 3. The zero-order chi connectivity index (χ0) is 9.97. The summed E-state index contributed by atoms with van der Waals surface area (Å²) in [5.41, 5.74) is 0.960. The Kier molecular flexibility index (Phi) is 2.41. The molecule has 0 saturated heterocycles. The van der Waals surface area contributed by atoms with Gasteiger partial charge in [-0.1, -0.05) is 12.1 Å². The molecular weight excluding hydrogens is 180 g/mol. The van der Waals surface area contributed by atoms with Crippen molar-refractivity contribution in [3.05, 3.63) is 36.3 Å². The van der Waals surface area contributed by atoms with Gasteiger partial charge in [-0.15, -0.1) is 0 Å². The predicted octanol–water partition coefficient (Wildman–Crippen LogP) is 1.85. The molecule has 0 fully saturated rings. The van der Waals surface area contributed by atoms with Crippen molar-refractivity contribution in [2.75, 3.05) is 0 Å². The van der Waals surface area contributed by atoms with Gasteiger partial charge in [0, 0.05) is 12.0 Å². The van der Waals surface area contributed by atoms with Crippen LogP contribution in [-0.4, -0.2) is 11.2 Å². The van der Waals surface area contributed by atoms with Gasteiger partial charge >= 0.3 is 0 Å². The van der Waals surface area contributed by atoms with E-state index in [9.17, 15) is 5.11 Å². The topological polar surface area (TPSA) is 38.7 Å². The molecule has 1 heterocycles. The maximum atomic E-state index is 9.29. The van der Waals surface area contributed by atoms with Crippen molar-refractivity contribution >= 4 is 0 Å². The molecule has 0 saturated carbocycles. The van der Waals surface area contributed by atoms with Crippen molar-refractivity contribution in [3.63, 3.8) is 0 Å². The van der Waals surface area contributed by atoms with E-state index in [0.29, 0.717) is 17.9 Å². The van der Waals surface area contributed by atoms with E-state index in [0.717, 1.165) is 5.56 Å². The fourth-order valence-corrected chi connectivity index (χ4v) is 1.46. The predicted molar refractivity (Wildman–Crippen MR) is 52.2 cm³/mol. The summed E-state index contributed by atoms with van der Waals surface area (Å²) in [5, 5.41) is 9.29. The van der Waals surface area contributed by atoms with Gasteiger partial charge < -0.3 is 14.6 Å². The van der Waals surface area contributed by atoms with E-state index in [4.69, 9.17) is 9.47 Å². The van der Waals surface area contributed by atoms with Gasteiger partial charge in [-0.2, -0.15) is 0 Å². The second kappa shape index (κ2) is 3.72. The number of aliphatic hydroxyl groups is 1.